The van der Waals surface area contributed by atoms with Gasteiger partial charge in [0.1, 0.15) is 0 Å². The topological polar surface area (TPSA) is 88.5 Å². The fraction of sp³-hybridized carbons (Fsp3) is 0.364. The Kier molecular flexibility index (Phi) is 4.80. The quantitative estimate of drug-likeness (QED) is 0.848. The predicted octanol–water partition coefficient (Wildman–Crippen LogP) is 1.06. The number of hydrogen-bond donors (Lipinski definition) is 2. The number of aliphatic carboxylic acids is 1. The number of amides is 1. The second-order valence-corrected chi connectivity index (χ2v) is 4.83. The van der Waals surface area contributed by atoms with Crippen LogP contribution in [0.1, 0.15) is 17.3 Å². The van der Waals surface area contributed by atoms with E-state index in [9.17, 15) is 9.59 Å². The minimum absolute atomic E-state index is 0.129. The van der Waals surface area contributed by atoms with Gasteiger partial charge in [0.15, 0.2) is 5.54 Å². The summed E-state index contributed by atoms with van der Waals surface area (Å²) in [5, 5.41) is 11.5. The number of carboxylic acids is 1. The van der Waals surface area contributed by atoms with Gasteiger partial charge in [0.05, 0.1) is 12.2 Å². The lowest BCUT2D eigenvalue weighted by atomic mass is 10.0. The zero-order valence-electron chi connectivity index (χ0n) is 9.94. The van der Waals surface area contributed by atoms with Crippen molar-refractivity contribution >= 4 is 27.8 Å². The van der Waals surface area contributed by atoms with Crippen LogP contribution in [0.5, 0.6) is 0 Å². The number of nitrogens with one attached hydrogen (secondary N) is 1. The molecule has 0 bridgehead atoms. The first-order chi connectivity index (χ1) is 8.39. The van der Waals surface area contributed by atoms with Gasteiger partial charge in [-0.2, -0.15) is 0 Å². The Bertz CT molecular complexity index is 466. The molecule has 1 rings (SSSR count). The summed E-state index contributed by atoms with van der Waals surface area (Å²) in [6, 6.07) is 1.55. The van der Waals surface area contributed by atoms with Crippen LogP contribution in [0, 0.1) is 0 Å². The van der Waals surface area contributed by atoms with Gasteiger partial charge in [0, 0.05) is 24.0 Å². The van der Waals surface area contributed by atoms with E-state index in [0.29, 0.717) is 4.47 Å². The summed E-state index contributed by atoms with van der Waals surface area (Å²) in [6.45, 7) is 1.25. The molecule has 2 N–H and O–H groups in total. The van der Waals surface area contributed by atoms with Crippen molar-refractivity contribution in [1.82, 2.24) is 10.3 Å². The third kappa shape index (κ3) is 3.51. The van der Waals surface area contributed by atoms with Crippen LogP contribution in [0.4, 0.5) is 0 Å². The molecule has 0 aliphatic carbocycles. The second kappa shape index (κ2) is 5.92. The molecule has 1 heterocycles. The summed E-state index contributed by atoms with van der Waals surface area (Å²) in [5.41, 5.74) is -1.21. The van der Waals surface area contributed by atoms with Crippen molar-refractivity contribution < 1.29 is 19.4 Å². The molecule has 6 nitrogen and oxygen atoms in total. The van der Waals surface area contributed by atoms with Crippen LogP contribution in [0.25, 0.3) is 0 Å². The lowest BCUT2D eigenvalue weighted by Crippen LogP contribution is -2.55. The molecular formula is C11H13BrN2O4. The number of nitrogens with zero attached hydrogens (tertiary/aromatic N) is 1. The first-order valence-electron chi connectivity index (χ1n) is 5.04. The summed E-state index contributed by atoms with van der Waals surface area (Å²) < 4.78 is 5.45. The molecule has 1 atom stereocenters. The van der Waals surface area contributed by atoms with Crippen LogP contribution in [-0.4, -0.2) is 41.2 Å². The van der Waals surface area contributed by atoms with Gasteiger partial charge in [-0.3, -0.25) is 9.78 Å². The Balaban J connectivity index is 2.88. The third-order valence-electron chi connectivity index (χ3n) is 2.26. The lowest BCUT2D eigenvalue weighted by Gasteiger charge is -2.25. The van der Waals surface area contributed by atoms with Crippen molar-refractivity contribution in [1.29, 1.82) is 0 Å². The Morgan fingerprint density at radius 1 is 1.56 bits per heavy atom. The van der Waals surface area contributed by atoms with E-state index in [4.69, 9.17) is 9.84 Å². The number of methoxy groups -OCH3 is 1. The number of ether oxygens (including phenoxy) is 1. The van der Waals surface area contributed by atoms with Crippen molar-refractivity contribution in [2.24, 2.45) is 0 Å². The molecule has 0 spiro atoms. The van der Waals surface area contributed by atoms with Crippen LogP contribution >= 0.6 is 15.9 Å². The van der Waals surface area contributed by atoms with Crippen LogP contribution < -0.4 is 5.32 Å². The summed E-state index contributed by atoms with van der Waals surface area (Å²) >= 11 is 3.19. The normalized spacial score (nSPS) is 13.7. The minimum Gasteiger partial charge on any atom is -0.479 e. The van der Waals surface area contributed by atoms with E-state index >= 15 is 0 Å². The monoisotopic (exact) mass is 316 g/mol. The number of carbonyl (C=O) groups excluding carboxylic acids is 1. The standard InChI is InChI=1S/C11H13BrN2O4/c1-11(6-18-2,10(16)17)14-9(15)7-3-8(12)5-13-4-7/h3-5H,6H2,1-2H3,(H,14,15)(H,16,17). The third-order valence-corrected chi connectivity index (χ3v) is 2.70. The number of rotatable bonds is 5. The molecule has 0 aliphatic heterocycles. The number of hydrogen-bond acceptors (Lipinski definition) is 4. The van der Waals surface area contributed by atoms with E-state index < -0.39 is 17.4 Å². The molecule has 98 valence electrons. The molecule has 18 heavy (non-hydrogen) atoms. The van der Waals surface area contributed by atoms with Crippen molar-refractivity contribution in [3.8, 4) is 0 Å². The summed E-state index contributed by atoms with van der Waals surface area (Å²) in [5.74, 6) is -1.69. The van der Waals surface area contributed by atoms with E-state index in [2.05, 4.69) is 26.2 Å². The van der Waals surface area contributed by atoms with E-state index in [1.54, 1.807) is 6.07 Å². The van der Waals surface area contributed by atoms with Crippen LogP contribution in [0.3, 0.4) is 0 Å². The molecule has 0 radical (unpaired) electrons. The highest BCUT2D eigenvalue weighted by Gasteiger charge is 2.35. The predicted molar refractivity (Wildman–Crippen MR) is 67.3 cm³/mol. The van der Waals surface area contributed by atoms with Crippen molar-refractivity contribution in [3.05, 3.63) is 28.5 Å². The fourth-order valence-electron chi connectivity index (χ4n) is 1.30. The maximum Gasteiger partial charge on any atom is 0.331 e. The molecule has 0 fully saturated rings. The number of aromatic nitrogens is 1. The molecule has 0 saturated carbocycles. The van der Waals surface area contributed by atoms with Gasteiger partial charge in [-0.25, -0.2) is 4.79 Å². The van der Waals surface area contributed by atoms with Gasteiger partial charge in [0.2, 0.25) is 0 Å². The van der Waals surface area contributed by atoms with E-state index in [-0.39, 0.29) is 12.2 Å². The molecule has 7 heteroatoms. The van der Waals surface area contributed by atoms with Gasteiger partial charge >= 0.3 is 5.97 Å². The largest absolute Gasteiger partial charge is 0.479 e. The van der Waals surface area contributed by atoms with Crippen molar-refractivity contribution in [3.63, 3.8) is 0 Å². The van der Waals surface area contributed by atoms with Gasteiger partial charge in [0.25, 0.3) is 5.91 Å². The maximum absolute atomic E-state index is 11.9. The Morgan fingerprint density at radius 3 is 2.72 bits per heavy atom. The number of carbonyl (C=O) groups is 2. The molecule has 1 aromatic heterocycles. The number of halogens is 1. The number of carboxylic acid groups (broad SMARTS) is 1. The smallest absolute Gasteiger partial charge is 0.331 e. The Morgan fingerprint density at radius 2 is 2.22 bits per heavy atom. The minimum atomic E-state index is -1.48. The Labute approximate surface area is 112 Å². The van der Waals surface area contributed by atoms with Gasteiger partial charge in [-0.05, 0) is 28.9 Å². The number of pyridine rings is 1. The zero-order valence-corrected chi connectivity index (χ0v) is 11.5. The lowest BCUT2D eigenvalue weighted by molar-refractivity contribution is -0.145. The average molecular weight is 317 g/mol. The zero-order chi connectivity index (χ0) is 13.8. The summed E-state index contributed by atoms with van der Waals surface area (Å²) in [7, 11) is 1.37. The highest BCUT2D eigenvalue weighted by atomic mass is 79.9. The van der Waals surface area contributed by atoms with E-state index in [1.165, 1.54) is 26.4 Å². The Hall–Kier alpha value is -1.47. The SMILES string of the molecule is COCC(C)(NC(=O)c1cncc(Br)c1)C(=O)O. The molecular weight excluding hydrogens is 304 g/mol. The van der Waals surface area contributed by atoms with Crippen LogP contribution in [0.15, 0.2) is 22.9 Å². The van der Waals surface area contributed by atoms with Crippen molar-refractivity contribution in [2.75, 3.05) is 13.7 Å². The highest BCUT2D eigenvalue weighted by Crippen LogP contribution is 2.11. The average Bonchev–Trinajstić information content (AvgIpc) is 2.29. The van der Waals surface area contributed by atoms with E-state index in [1.807, 2.05) is 0 Å². The van der Waals surface area contributed by atoms with E-state index in [0.717, 1.165) is 0 Å². The second-order valence-electron chi connectivity index (χ2n) is 3.92. The molecule has 1 unspecified atom stereocenters. The molecule has 1 amide bonds. The molecule has 0 saturated heterocycles. The van der Waals surface area contributed by atoms with Crippen molar-refractivity contribution in [2.45, 2.75) is 12.5 Å². The summed E-state index contributed by atoms with van der Waals surface area (Å²) in [4.78, 5) is 26.9. The molecule has 0 aromatic carbocycles. The van der Waals surface area contributed by atoms with Crippen LogP contribution in [-0.2, 0) is 9.53 Å². The molecule has 0 aliphatic rings. The molecule has 1 aromatic rings. The summed E-state index contributed by atoms with van der Waals surface area (Å²) in [6.07, 6.45) is 2.89. The van der Waals surface area contributed by atoms with Gasteiger partial charge < -0.3 is 15.2 Å². The first kappa shape index (κ1) is 14.6. The highest BCUT2D eigenvalue weighted by molar-refractivity contribution is 9.10. The van der Waals surface area contributed by atoms with Crippen LogP contribution in [0.2, 0.25) is 0 Å². The van der Waals surface area contributed by atoms with Gasteiger partial charge in [-0.1, -0.05) is 0 Å². The van der Waals surface area contributed by atoms with Gasteiger partial charge in [-0.15, -0.1) is 0 Å². The first-order valence-corrected chi connectivity index (χ1v) is 5.84. The maximum atomic E-state index is 11.9. The fourth-order valence-corrected chi connectivity index (χ4v) is 1.66.